The molecule has 0 saturated carbocycles. The highest BCUT2D eigenvalue weighted by atomic mass is 35.5. The van der Waals surface area contributed by atoms with Gasteiger partial charge in [0.15, 0.2) is 0 Å². The lowest BCUT2D eigenvalue weighted by Crippen LogP contribution is -1.94. The van der Waals surface area contributed by atoms with Crippen molar-refractivity contribution in [1.29, 1.82) is 0 Å². The van der Waals surface area contributed by atoms with Gasteiger partial charge in [0.1, 0.15) is 5.82 Å². The number of nitrogens with zero attached hydrogens (tertiary/aromatic N) is 4. The van der Waals surface area contributed by atoms with Gasteiger partial charge >= 0.3 is 0 Å². The van der Waals surface area contributed by atoms with Crippen LogP contribution in [0.5, 0.6) is 0 Å². The van der Waals surface area contributed by atoms with Crippen LogP contribution in [0.4, 0.5) is 11.5 Å². The predicted octanol–water partition coefficient (Wildman–Crippen LogP) is 2.76. The first-order valence-electron chi connectivity index (χ1n) is 5.39. The molecule has 1 aromatic carbocycles. The molecule has 2 aromatic heterocycles. The third-order valence-corrected chi connectivity index (χ3v) is 2.81. The zero-order valence-electron chi connectivity index (χ0n) is 9.63. The lowest BCUT2D eigenvalue weighted by Gasteiger charge is -2.05. The molecule has 0 fully saturated rings. The molecular formula is C12H10ClN5. The van der Waals surface area contributed by atoms with Gasteiger partial charge in [0, 0.05) is 18.9 Å². The first kappa shape index (κ1) is 11.0. The number of halogens is 1. The molecule has 3 aromatic rings. The number of imidazole rings is 1. The fraction of sp³-hybridized carbons (Fsp3) is 0.0833. The zero-order valence-corrected chi connectivity index (χ0v) is 10.4. The first-order chi connectivity index (χ1) is 8.72. The topological polar surface area (TPSA) is 55.6 Å². The minimum Gasteiger partial charge on any atom is -0.340 e. The molecule has 0 bridgehead atoms. The van der Waals surface area contributed by atoms with Gasteiger partial charge in [-0.2, -0.15) is 0 Å². The summed E-state index contributed by atoms with van der Waals surface area (Å²) < 4.78 is 1.97. The Labute approximate surface area is 108 Å². The van der Waals surface area contributed by atoms with Crippen LogP contribution in [0.25, 0.3) is 11.0 Å². The summed E-state index contributed by atoms with van der Waals surface area (Å²) in [5.41, 5.74) is 2.93. The van der Waals surface area contributed by atoms with Crippen molar-refractivity contribution in [2.75, 3.05) is 5.32 Å². The van der Waals surface area contributed by atoms with Crippen LogP contribution in [-0.4, -0.2) is 19.5 Å². The number of hydrogen-bond donors (Lipinski definition) is 1. The van der Waals surface area contributed by atoms with Crippen LogP contribution in [-0.2, 0) is 7.05 Å². The molecule has 3 rings (SSSR count). The molecule has 6 heteroatoms. The fourth-order valence-corrected chi connectivity index (χ4v) is 1.91. The maximum Gasteiger partial charge on any atom is 0.224 e. The van der Waals surface area contributed by atoms with Crippen molar-refractivity contribution in [3.63, 3.8) is 0 Å². The SMILES string of the molecule is Cn1cnc2cc(Nc3ccnc(Cl)n3)ccc21. The second-order valence-electron chi connectivity index (χ2n) is 3.89. The Hall–Kier alpha value is -2.14. The number of nitrogens with one attached hydrogen (secondary N) is 1. The molecule has 1 N–H and O–H groups in total. The van der Waals surface area contributed by atoms with E-state index < -0.39 is 0 Å². The number of hydrogen-bond acceptors (Lipinski definition) is 4. The van der Waals surface area contributed by atoms with Crippen LogP contribution in [0.2, 0.25) is 5.28 Å². The van der Waals surface area contributed by atoms with Gasteiger partial charge in [-0.05, 0) is 35.9 Å². The van der Waals surface area contributed by atoms with Gasteiger partial charge < -0.3 is 9.88 Å². The van der Waals surface area contributed by atoms with Gasteiger partial charge in [-0.1, -0.05) is 0 Å². The van der Waals surface area contributed by atoms with E-state index in [2.05, 4.69) is 20.3 Å². The third-order valence-electron chi connectivity index (χ3n) is 2.62. The number of rotatable bonds is 2. The molecule has 0 radical (unpaired) electrons. The highest BCUT2D eigenvalue weighted by Crippen LogP contribution is 2.20. The normalized spacial score (nSPS) is 10.8. The summed E-state index contributed by atoms with van der Waals surface area (Å²) in [5.74, 6) is 0.658. The Balaban J connectivity index is 1.95. The van der Waals surface area contributed by atoms with Crippen LogP contribution in [0.3, 0.4) is 0 Å². The van der Waals surface area contributed by atoms with Gasteiger partial charge in [0.2, 0.25) is 5.28 Å². The molecule has 18 heavy (non-hydrogen) atoms. The van der Waals surface area contributed by atoms with E-state index in [0.717, 1.165) is 16.7 Å². The molecule has 0 aliphatic carbocycles. The van der Waals surface area contributed by atoms with Gasteiger partial charge in [0.05, 0.1) is 17.4 Å². The molecule has 0 unspecified atom stereocenters. The molecule has 0 amide bonds. The maximum atomic E-state index is 5.73. The molecule has 0 aliphatic heterocycles. The van der Waals surface area contributed by atoms with Crippen molar-refractivity contribution in [2.45, 2.75) is 0 Å². The maximum absolute atomic E-state index is 5.73. The number of anilines is 2. The van der Waals surface area contributed by atoms with E-state index in [-0.39, 0.29) is 5.28 Å². The minimum absolute atomic E-state index is 0.221. The van der Waals surface area contributed by atoms with Crippen LogP contribution in [0.1, 0.15) is 0 Å². The summed E-state index contributed by atoms with van der Waals surface area (Å²) in [6.07, 6.45) is 3.40. The Bertz CT molecular complexity index is 707. The summed E-state index contributed by atoms with van der Waals surface area (Å²) in [6.45, 7) is 0. The number of aryl methyl sites for hydroxylation is 1. The summed E-state index contributed by atoms with van der Waals surface area (Å²) in [4.78, 5) is 12.2. The Morgan fingerprint density at radius 1 is 1.22 bits per heavy atom. The highest BCUT2D eigenvalue weighted by Gasteiger charge is 2.02. The Morgan fingerprint density at radius 2 is 2.11 bits per heavy atom. The summed E-state index contributed by atoms with van der Waals surface area (Å²) in [5, 5.41) is 3.38. The monoisotopic (exact) mass is 259 g/mol. The van der Waals surface area contributed by atoms with E-state index >= 15 is 0 Å². The number of fused-ring (bicyclic) bond motifs is 1. The minimum atomic E-state index is 0.221. The van der Waals surface area contributed by atoms with Gasteiger partial charge in [-0.15, -0.1) is 0 Å². The van der Waals surface area contributed by atoms with Gasteiger partial charge in [-0.3, -0.25) is 0 Å². The molecule has 0 spiro atoms. The van der Waals surface area contributed by atoms with Crippen LogP contribution in [0.15, 0.2) is 36.8 Å². The summed E-state index contributed by atoms with van der Waals surface area (Å²) >= 11 is 5.73. The smallest absolute Gasteiger partial charge is 0.224 e. The van der Waals surface area contributed by atoms with E-state index in [1.54, 1.807) is 18.6 Å². The van der Waals surface area contributed by atoms with Crippen LogP contribution < -0.4 is 5.32 Å². The highest BCUT2D eigenvalue weighted by molar-refractivity contribution is 6.28. The largest absolute Gasteiger partial charge is 0.340 e. The number of benzene rings is 1. The van der Waals surface area contributed by atoms with E-state index in [4.69, 9.17) is 11.6 Å². The van der Waals surface area contributed by atoms with E-state index in [9.17, 15) is 0 Å². The molecule has 0 saturated heterocycles. The second-order valence-corrected chi connectivity index (χ2v) is 4.23. The van der Waals surface area contributed by atoms with E-state index in [1.807, 2.05) is 29.8 Å². The molecule has 2 heterocycles. The zero-order chi connectivity index (χ0) is 12.5. The lowest BCUT2D eigenvalue weighted by atomic mass is 10.2. The van der Waals surface area contributed by atoms with Gasteiger partial charge in [0.25, 0.3) is 0 Å². The summed E-state index contributed by atoms with van der Waals surface area (Å²) in [6, 6.07) is 7.70. The second kappa shape index (κ2) is 4.27. The Morgan fingerprint density at radius 3 is 2.94 bits per heavy atom. The van der Waals surface area contributed by atoms with Crippen molar-refractivity contribution >= 4 is 34.1 Å². The predicted molar refractivity (Wildman–Crippen MR) is 71.0 cm³/mol. The van der Waals surface area contributed by atoms with Crippen molar-refractivity contribution in [3.8, 4) is 0 Å². The van der Waals surface area contributed by atoms with Crippen molar-refractivity contribution in [3.05, 3.63) is 42.1 Å². The van der Waals surface area contributed by atoms with E-state index in [0.29, 0.717) is 5.82 Å². The summed E-state index contributed by atoms with van der Waals surface area (Å²) in [7, 11) is 1.96. The van der Waals surface area contributed by atoms with Crippen molar-refractivity contribution in [2.24, 2.45) is 7.05 Å². The molecule has 0 aliphatic rings. The average Bonchev–Trinajstić information content (AvgIpc) is 2.71. The van der Waals surface area contributed by atoms with Crippen molar-refractivity contribution in [1.82, 2.24) is 19.5 Å². The average molecular weight is 260 g/mol. The molecule has 90 valence electrons. The van der Waals surface area contributed by atoms with E-state index in [1.165, 1.54) is 0 Å². The van der Waals surface area contributed by atoms with Crippen molar-refractivity contribution < 1.29 is 0 Å². The molecule has 5 nitrogen and oxygen atoms in total. The quantitative estimate of drug-likeness (QED) is 0.719. The molecular weight excluding hydrogens is 250 g/mol. The third kappa shape index (κ3) is 2.00. The Kier molecular flexibility index (Phi) is 2.60. The van der Waals surface area contributed by atoms with Gasteiger partial charge in [-0.25, -0.2) is 15.0 Å². The molecule has 0 atom stereocenters. The lowest BCUT2D eigenvalue weighted by molar-refractivity contribution is 0.948. The van der Waals surface area contributed by atoms with Crippen LogP contribution in [0, 0.1) is 0 Å². The first-order valence-corrected chi connectivity index (χ1v) is 5.77. The number of aromatic nitrogens is 4. The standard InChI is InChI=1S/C12H10ClN5/c1-18-7-15-9-6-8(2-3-10(9)18)16-11-4-5-14-12(13)17-11/h2-7H,1H3,(H,14,16,17). The van der Waals surface area contributed by atoms with Crippen LogP contribution >= 0.6 is 11.6 Å². The fourth-order valence-electron chi connectivity index (χ4n) is 1.77.